The van der Waals surface area contributed by atoms with Gasteiger partial charge in [0.2, 0.25) is 0 Å². The first-order valence-electron chi connectivity index (χ1n) is 9.79. The number of halogens is 3. The second kappa shape index (κ2) is 8.58. The molecule has 1 aromatic heterocycles. The number of carbonyl (C=O) groups is 1. The van der Waals surface area contributed by atoms with Gasteiger partial charge in [0.1, 0.15) is 10.8 Å². The van der Waals surface area contributed by atoms with Crippen LogP contribution in [0.4, 0.5) is 23.7 Å². The van der Waals surface area contributed by atoms with Crippen molar-refractivity contribution in [1.29, 1.82) is 0 Å². The summed E-state index contributed by atoms with van der Waals surface area (Å²) in [6.45, 7) is 3.21. The van der Waals surface area contributed by atoms with Gasteiger partial charge in [-0.3, -0.25) is 0 Å². The molecule has 0 atom stereocenters. The van der Waals surface area contributed by atoms with Gasteiger partial charge >= 0.3 is 12.2 Å². The first kappa shape index (κ1) is 21.2. The molecule has 2 heterocycles. The average molecular weight is 447 g/mol. The van der Waals surface area contributed by atoms with Crippen molar-refractivity contribution in [1.82, 2.24) is 9.88 Å². The van der Waals surface area contributed by atoms with Crippen molar-refractivity contribution in [2.75, 3.05) is 18.5 Å². The standard InChI is InChI=1S/C22H20F3N3O2S/c1-2-30-15-9-7-14(8-10-15)20-26-18-11-12-28(13-19(18)31-20)21(29)27-17-6-4-3-5-16(17)22(23,24)25/h3-10H,2,11-13H2,1H3,(H,27,29). The van der Waals surface area contributed by atoms with Crippen LogP contribution in [0.3, 0.4) is 0 Å². The highest BCUT2D eigenvalue weighted by Crippen LogP contribution is 2.36. The molecule has 0 fully saturated rings. The summed E-state index contributed by atoms with van der Waals surface area (Å²) in [4.78, 5) is 19.8. The third-order valence-electron chi connectivity index (χ3n) is 4.90. The Morgan fingerprint density at radius 3 is 2.65 bits per heavy atom. The van der Waals surface area contributed by atoms with E-state index in [0.717, 1.165) is 33.0 Å². The molecule has 2 amide bonds. The molecule has 5 nitrogen and oxygen atoms in total. The number of amides is 2. The predicted octanol–water partition coefficient (Wildman–Crippen LogP) is 5.82. The number of nitrogens with one attached hydrogen (secondary N) is 1. The Morgan fingerprint density at radius 2 is 1.94 bits per heavy atom. The van der Waals surface area contributed by atoms with E-state index in [4.69, 9.17) is 9.72 Å². The fourth-order valence-corrected chi connectivity index (χ4v) is 4.52. The van der Waals surface area contributed by atoms with E-state index >= 15 is 0 Å². The van der Waals surface area contributed by atoms with Crippen LogP contribution in [0.25, 0.3) is 10.6 Å². The van der Waals surface area contributed by atoms with Gasteiger partial charge in [-0.15, -0.1) is 11.3 Å². The third kappa shape index (κ3) is 4.66. The monoisotopic (exact) mass is 447 g/mol. The average Bonchev–Trinajstić information content (AvgIpc) is 3.17. The number of aromatic nitrogens is 1. The van der Waals surface area contributed by atoms with Gasteiger partial charge in [0.25, 0.3) is 0 Å². The molecule has 0 saturated carbocycles. The van der Waals surface area contributed by atoms with E-state index in [2.05, 4.69) is 5.32 Å². The summed E-state index contributed by atoms with van der Waals surface area (Å²) in [6.07, 6.45) is -3.99. The zero-order chi connectivity index (χ0) is 22.0. The van der Waals surface area contributed by atoms with Gasteiger partial charge < -0.3 is 15.0 Å². The normalized spacial score (nSPS) is 13.6. The van der Waals surface area contributed by atoms with Crippen LogP contribution in [0.2, 0.25) is 0 Å². The molecule has 1 aliphatic heterocycles. The highest BCUT2D eigenvalue weighted by Gasteiger charge is 2.34. The molecule has 0 saturated heterocycles. The Balaban J connectivity index is 1.48. The quantitative estimate of drug-likeness (QED) is 0.549. The van der Waals surface area contributed by atoms with Crippen LogP contribution in [-0.2, 0) is 19.1 Å². The molecule has 1 N–H and O–H groups in total. The van der Waals surface area contributed by atoms with Crippen molar-refractivity contribution in [3.8, 4) is 16.3 Å². The highest BCUT2D eigenvalue weighted by molar-refractivity contribution is 7.15. The fraction of sp³-hybridized carbons (Fsp3) is 0.273. The molecule has 0 bridgehead atoms. The first-order valence-corrected chi connectivity index (χ1v) is 10.6. The minimum atomic E-state index is -4.54. The molecule has 9 heteroatoms. The molecule has 0 radical (unpaired) electrons. The maximum Gasteiger partial charge on any atom is 0.418 e. The number of hydrogen-bond acceptors (Lipinski definition) is 4. The molecule has 0 unspecified atom stereocenters. The number of fused-ring (bicyclic) bond motifs is 1. The Hall–Kier alpha value is -3.07. The largest absolute Gasteiger partial charge is 0.494 e. The number of nitrogens with zero attached hydrogens (tertiary/aromatic N) is 2. The van der Waals surface area contributed by atoms with Crippen LogP contribution in [0, 0.1) is 0 Å². The van der Waals surface area contributed by atoms with Crippen LogP contribution in [0.5, 0.6) is 5.75 Å². The van der Waals surface area contributed by atoms with Crippen LogP contribution in [0.15, 0.2) is 48.5 Å². The minimum absolute atomic E-state index is 0.245. The second-order valence-corrected chi connectivity index (χ2v) is 8.07. The summed E-state index contributed by atoms with van der Waals surface area (Å²) in [5.41, 5.74) is 0.772. The molecule has 0 aliphatic carbocycles. The summed E-state index contributed by atoms with van der Waals surface area (Å²) in [7, 11) is 0. The van der Waals surface area contributed by atoms with Crippen LogP contribution in [0.1, 0.15) is 23.1 Å². The summed E-state index contributed by atoms with van der Waals surface area (Å²) in [5.74, 6) is 0.787. The fourth-order valence-electron chi connectivity index (χ4n) is 3.39. The number of para-hydroxylation sites is 1. The number of alkyl halides is 3. The smallest absolute Gasteiger partial charge is 0.418 e. The number of carbonyl (C=O) groups excluding carboxylic acids is 1. The lowest BCUT2D eigenvalue weighted by Gasteiger charge is -2.27. The number of rotatable bonds is 4. The van der Waals surface area contributed by atoms with Gasteiger partial charge in [-0.05, 0) is 43.3 Å². The van der Waals surface area contributed by atoms with Crippen LogP contribution < -0.4 is 10.1 Å². The van der Waals surface area contributed by atoms with E-state index in [0.29, 0.717) is 26.1 Å². The lowest BCUT2D eigenvalue weighted by Crippen LogP contribution is -2.38. The molecular weight excluding hydrogens is 427 g/mol. The Kier molecular flexibility index (Phi) is 5.86. The first-order chi connectivity index (χ1) is 14.8. The topological polar surface area (TPSA) is 54.5 Å². The summed E-state index contributed by atoms with van der Waals surface area (Å²) in [6, 6.07) is 12.1. The van der Waals surface area contributed by atoms with Crippen molar-refractivity contribution in [3.63, 3.8) is 0 Å². The lowest BCUT2D eigenvalue weighted by molar-refractivity contribution is -0.136. The SMILES string of the molecule is CCOc1ccc(-c2nc3c(s2)CN(C(=O)Nc2ccccc2C(F)(F)F)CC3)cc1. The van der Waals surface area contributed by atoms with Crippen molar-refractivity contribution in [2.24, 2.45) is 0 Å². The maximum absolute atomic E-state index is 13.2. The lowest BCUT2D eigenvalue weighted by atomic mass is 10.1. The predicted molar refractivity (Wildman–Crippen MR) is 113 cm³/mol. The Morgan fingerprint density at radius 1 is 1.19 bits per heavy atom. The van der Waals surface area contributed by atoms with Gasteiger partial charge in [0, 0.05) is 23.4 Å². The van der Waals surface area contributed by atoms with Crippen molar-refractivity contribution in [3.05, 3.63) is 64.7 Å². The highest BCUT2D eigenvalue weighted by atomic mass is 32.1. The molecule has 1 aliphatic rings. The van der Waals surface area contributed by atoms with E-state index in [1.54, 1.807) is 0 Å². The maximum atomic E-state index is 13.2. The minimum Gasteiger partial charge on any atom is -0.494 e. The number of thiazole rings is 1. The van der Waals surface area contributed by atoms with E-state index in [9.17, 15) is 18.0 Å². The van der Waals surface area contributed by atoms with E-state index < -0.39 is 17.8 Å². The van der Waals surface area contributed by atoms with Gasteiger partial charge in [-0.1, -0.05) is 12.1 Å². The molecular formula is C22H20F3N3O2S. The van der Waals surface area contributed by atoms with E-state index in [1.165, 1.54) is 34.4 Å². The summed E-state index contributed by atoms with van der Waals surface area (Å²) < 4.78 is 45.0. The zero-order valence-corrected chi connectivity index (χ0v) is 17.5. The second-order valence-electron chi connectivity index (χ2n) is 6.99. The van der Waals surface area contributed by atoms with E-state index in [1.807, 2.05) is 31.2 Å². The summed E-state index contributed by atoms with van der Waals surface area (Å²) >= 11 is 1.49. The molecule has 3 aromatic rings. The van der Waals surface area contributed by atoms with Gasteiger partial charge in [-0.25, -0.2) is 9.78 Å². The zero-order valence-electron chi connectivity index (χ0n) is 16.7. The van der Waals surface area contributed by atoms with Crippen LogP contribution >= 0.6 is 11.3 Å². The Bertz CT molecular complexity index is 1080. The number of hydrogen-bond donors (Lipinski definition) is 1. The molecule has 4 rings (SSSR count). The van der Waals surface area contributed by atoms with Crippen molar-refractivity contribution < 1.29 is 22.7 Å². The molecule has 2 aromatic carbocycles. The number of ether oxygens (including phenoxy) is 1. The number of anilines is 1. The van der Waals surface area contributed by atoms with Crippen molar-refractivity contribution in [2.45, 2.75) is 26.1 Å². The van der Waals surface area contributed by atoms with E-state index in [-0.39, 0.29) is 5.69 Å². The summed E-state index contributed by atoms with van der Waals surface area (Å²) in [5, 5.41) is 3.26. The molecule has 162 valence electrons. The van der Waals surface area contributed by atoms with Crippen LogP contribution in [-0.4, -0.2) is 29.1 Å². The molecule has 0 spiro atoms. The van der Waals surface area contributed by atoms with Gasteiger partial charge in [0.05, 0.1) is 30.1 Å². The van der Waals surface area contributed by atoms with Gasteiger partial charge in [-0.2, -0.15) is 13.2 Å². The molecule has 31 heavy (non-hydrogen) atoms. The number of urea groups is 1. The Labute approximate surface area is 181 Å². The van der Waals surface area contributed by atoms with Crippen molar-refractivity contribution >= 4 is 23.1 Å². The third-order valence-corrected chi connectivity index (χ3v) is 6.04. The van der Waals surface area contributed by atoms with Gasteiger partial charge in [0.15, 0.2) is 0 Å². The number of benzene rings is 2.